The number of nitrogens with two attached hydrogens (primary N) is 1. The van der Waals surface area contributed by atoms with Gasteiger partial charge in [0.1, 0.15) is 12.3 Å². The third-order valence-corrected chi connectivity index (χ3v) is 3.64. The number of rotatable bonds is 5. The van der Waals surface area contributed by atoms with Crippen LogP contribution in [0.15, 0.2) is 61.2 Å². The molecule has 0 aliphatic heterocycles. The molecule has 0 aliphatic rings. The summed E-state index contributed by atoms with van der Waals surface area (Å²) in [5, 5.41) is 7.82. The molecular formula is C15H15N4O3S+. The SMILES string of the molecule is NS(=O)(=O)Oc1ccc(-c2ccc(C[n+]3cnc[nH]3)cc2)cc1. The maximum atomic E-state index is 10.9. The van der Waals surface area contributed by atoms with Gasteiger partial charge in [-0.25, -0.2) is 0 Å². The van der Waals surface area contributed by atoms with E-state index in [-0.39, 0.29) is 5.75 Å². The molecule has 3 aromatic rings. The van der Waals surface area contributed by atoms with Crippen molar-refractivity contribution in [3.8, 4) is 16.9 Å². The molecule has 23 heavy (non-hydrogen) atoms. The molecule has 2 aromatic carbocycles. The van der Waals surface area contributed by atoms with Crippen molar-refractivity contribution in [2.45, 2.75) is 6.54 Å². The molecule has 0 saturated carbocycles. The van der Waals surface area contributed by atoms with Crippen LogP contribution in [0.2, 0.25) is 0 Å². The zero-order valence-electron chi connectivity index (χ0n) is 12.1. The molecular weight excluding hydrogens is 316 g/mol. The minimum atomic E-state index is -4.00. The van der Waals surface area contributed by atoms with Gasteiger partial charge in [-0.1, -0.05) is 36.4 Å². The summed E-state index contributed by atoms with van der Waals surface area (Å²) in [6.45, 7) is 0.710. The molecule has 0 radical (unpaired) electrons. The van der Waals surface area contributed by atoms with Gasteiger partial charge < -0.3 is 4.18 Å². The first-order valence-corrected chi connectivity index (χ1v) is 8.26. The van der Waals surface area contributed by atoms with Crippen molar-refractivity contribution in [3.63, 3.8) is 0 Å². The molecule has 0 saturated heterocycles. The number of H-pyrrole nitrogens is 1. The average molecular weight is 331 g/mol. The summed E-state index contributed by atoms with van der Waals surface area (Å²) in [6.07, 6.45) is 3.34. The number of hydrogen-bond acceptors (Lipinski definition) is 4. The van der Waals surface area contributed by atoms with Crippen LogP contribution in [0, 0.1) is 0 Å². The maximum Gasteiger partial charge on any atom is 0.380 e. The highest BCUT2D eigenvalue weighted by Crippen LogP contribution is 2.23. The molecule has 3 rings (SSSR count). The van der Waals surface area contributed by atoms with Crippen molar-refractivity contribution in [3.05, 3.63) is 66.7 Å². The fourth-order valence-electron chi connectivity index (χ4n) is 2.18. The van der Waals surface area contributed by atoms with Gasteiger partial charge in [-0.2, -0.15) is 23.3 Å². The van der Waals surface area contributed by atoms with E-state index in [9.17, 15) is 8.42 Å². The third kappa shape index (κ3) is 4.15. The van der Waals surface area contributed by atoms with E-state index in [4.69, 9.17) is 5.14 Å². The quantitative estimate of drug-likeness (QED) is 0.681. The summed E-state index contributed by atoms with van der Waals surface area (Å²) in [4.78, 5) is 3.96. The Morgan fingerprint density at radius 1 is 1.04 bits per heavy atom. The highest BCUT2D eigenvalue weighted by Gasteiger charge is 2.06. The highest BCUT2D eigenvalue weighted by atomic mass is 32.2. The van der Waals surface area contributed by atoms with Gasteiger partial charge in [-0.3, -0.25) is 0 Å². The number of benzene rings is 2. The van der Waals surface area contributed by atoms with Gasteiger partial charge in [0.2, 0.25) is 6.33 Å². The maximum absolute atomic E-state index is 10.9. The van der Waals surface area contributed by atoms with Crippen molar-refractivity contribution in [1.82, 2.24) is 10.1 Å². The van der Waals surface area contributed by atoms with Gasteiger partial charge in [-0.05, 0) is 33.8 Å². The van der Waals surface area contributed by atoms with Crippen molar-refractivity contribution < 1.29 is 17.3 Å². The van der Waals surface area contributed by atoms with Crippen molar-refractivity contribution >= 4 is 10.3 Å². The second-order valence-corrected chi connectivity index (χ2v) is 6.10. The van der Waals surface area contributed by atoms with Crippen LogP contribution in [0.4, 0.5) is 0 Å². The predicted molar refractivity (Wildman–Crippen MR) is 83.5 cm³/mol. The summed E-state index contributed by atoms with van der Waals surface area (Å²) in [5.74, 6) is 0.184. The van der Waals surface area contributed by atoms with E-state index in [0.717, 1.165) is 16.7 Å². The lowest BCUT2D eigenvalue weighted by Crippen LogP contribution is -2.35. The number of hydrogen-bond donors (Lipinski definition) is 2. The number of aromatic nitrogens is 3. The lowest BCUT2D eigenvalue weighted by Gasteiger charge is -2.05. The largest absolute Gasteiger partial charge is 0.380 e. The van der Waals surface area contributed by atoms with Crippen LogP contribution in [-0.4, -0.2) is 18.5 Å². The second-order valence-electron chi connectivity index (χ2n) is 4.95. The number of nitrogens with zero attached hydrogens (tertiary/aromatic N) is 2. The molecule has 0 bridgehead atoms. The van der Waals surface area contributed by atoms with Gasteiger partial charge >= 0.3 is 16.6 Å². The Hall–Kier alpha value is -2.71. The lowest BCUT2D eigenvalue weighted by molar-refractivity contribution is -0.743. The fraction of sp³-hybridized carbons (Fsp3) is 0.0667. The van der Waals surface area contributed by atoms with Crippen molar-refractivity contribution in [2.75, 3.05) is 0 Å². The first kappa shape index (κ1) is 15.2. The Bertz CT molecular complexity index is 873. The molecule has 0 aliphatic carbocycles. The molecule has 7 nitrogen and oxygen atoms in total. The molecule has 118 valence electrons. The summed E-state index contributed by atoms with van der Waals surface area (Å²) < 4.78 is 28.2. The molecule has 0 amide bonds. The van der Waals surface area contributed by atoms with E-state index in [1.165, 1.54) is 0 Å². The van der Waals surface area contributed by atoms with Crippen LogP contribution in [0.5, 0.6) is 5.75 Å². The summed E-state index contributed by atoms with van der Waals surface area (Å²) in [7, 11) is -4.00. The lowest BCUT2D eigenvalue weighted by atomic mass is 10.0. The Balaban J connectivity index is 1.74. The second kappa shape index (κ2) is 6.19. The standard InChI is InChI=1S/C15H14N4O3S/c16-23(20,21)22-15-7-5-14(6-8-15)13-3-1-12(2-4-13)9-19-11-17-10-18-19/h1-8,10-11H,9H2,(H2,16,20,21)/p+1. The summed E-state index contributed by atoms with van der Waals surface area (Å²) in [6, 6.07) is 14.7. The average Bonchev–Trinajstić information content (AvgIpc) is 3.00. The Morgan fingerprint density at radius 2 is 1.65 bits per heavy atom. The molecule has 0 spiro atoms. The fourth-order valence-corrected chi connectivity index (χ4v) is 2.56. The summed E-state index contributed by atoms with van der Waals surface area (Å²) in [5.41, 5.74) is 3.11. The minimum Gasteiger partial charge on any atom is -0.371 e. The Labute approximate surface area is 133 Å². The van der Waals surface area contributed by atoms with Crippen LogP contribution in [0.3, 0.4) is 0 Å². The van der Waals surface area contributed by atoms with Gasteiger partial charge in [0.05, 0.1) is 0 Å². The van der Waals surface area contributed by atoms with Gasteiger partial charge in [0, 0.05) is 0 Å². The van der Waals surface area contributed by atoms with E-state index >= 15 is 0 Å². The summed E-state index contributed by atoms with van der Waals surface area (Å²) >= 11 is 0. The number of nitrogens with one attached hydrogen (secondary N) is 1. The number of aromatic amines is 1. The molecule has 3 N–H and O–H groups in total. The highest BCUT2D eigenvalue weighted by molar-refractivity contribution is 7.84. The first-order valence-electron chi connectivity index (χ1n) is 6.79. The smallest absolute Gasteiger partial charge is 0.371 e. The van der Waals surface area contributed by atoms with E-state index in [1.54, 1.807) is 36.9 Å². The third-order valence-electron chi connectivity index (χ3n) is 3.21. The van der Waals surface area contributed by atoms with Crippen molar-refractivity contribution in [2.24, 2.45) is 5.14 Å². The molecule has 1 heterocycles. The minimum absolute atomic E-state index is 0.184. The van der Waals surface area contributed by atoms with E-state index in [1.807, 2.05) is 28.9 Å². The zero-order valence-corrected chi connectivity index (χ0v) is 12.9. The first-order chi connectivity index (χ1) is 11.0. The molecule has 8 heteroatoms. The van der Waals surface area contributed by atoms with Crippen molar-refractivity contribution in [1.29, 1.82) is 0 Å². The molecule has 0 unspecified atom stereocenters. The van der Waals surface area contributed by atoms with E-state index in [2.05, 4.69) is 14.3 Å². The molecule has 0 atom stereocenters. The van der Waals surface area contributed by atoms with Gasteiger partial charge in [0.25, 0.3) is 0 Å². The molecule has 1 aromatic heterocycles. The van der Waals surface area contributed by atoms with Crippen LogP contribution in [0.25, 0.3) is 11.1 Å². The van der Waals surface area contributed by atoms with E-state index in [0.29, 0.717) is 6.54 Å². The van der Waals surface area contributed by atoms with Crippen LogP contribution in [-0.2, 0) is 16.8 Å². The zero-order chi connectivity index (χ0) is 16.3. The Kier molecular flexibility index (Phi) is 4.09. The van der Waals surface area contributed by atoms with Gasteiger partial charge in [-0.15, -0.1) is 0 Å². The monoisotopic (exact) mass is 331 g/mol. The Morgan fingerprint density at radius 3 is 2.17 bits per heavy atom. The van der Waals surface area contributed by atoms with Crippen LogP contribution >= 0.6 is 0 Å². The normalized spacial score (nSPS) is 11.3. The predicted octanol–water partition coefficient (Wildman–Crippen LogP) is 0.995. The van der Waals surface area contributed by atoms with Crippen LogP contribution < -0.4 is 14.0 Å². The van der Waals surface area contributed by atoms with Crippen LogP contribution in [0.1, 0.15) is 5.56 Å². The van der Waals surface area contributed by atoms with E-state index < -0.39 is 10.3 Å². The molecule has 0 fully saturated rings. The van der Waals surface area contributed by atoms with Gasteiger partial charge in [0.15, 0.2) is 0 Å². The topological polar surface area (TPSA) is 102 Å².